The molecule has 0 spiro atoms. The number of aromatic amines is 1. The van der Waals surface area contributed by atoms with Gasteiger partial charge < -0.3 is 0 Å². The number of hydrogen-bond acceptors (Lipinski definition) is 5. The molecular formula is C13H11F3N5OS2+. The molecule has 126 valence electrons. The van der Waals surface area contributed by atoms with E-state index in [0.29, 0.717) is 11.3 Å². The van der Waals surface area contributed by atoms with Crippen LogP contribution in [0.4, 0.5) is 18.3 Å². The molecule has 6 nitrogen and oxygen atoms in total. The van der Waals surface area contributed by atoms with Crippen LogP contribution in [0.15, 0.2) is 29.4 Å². The number of rotatable bonds is 4. The normalized spacial score (nSPS) is 11.8. The van der Waals surface area contributed by atoms with Gasteiger partial charge in [0.1, 0.15) is 0 Å². The first-order valence-corrected chi connectivity index (χ1v) is 8.45. The highest BCUT2D eigenvalue weighted by Gasteiger charge is 2.35. The molecule has 0 unspecified atom stereocenters. The highest BCUT2D eigenvalue weighted by molar-refractivity contribution is 7.99. The number of amides is 1. The number of benzene rings is 1. The molecule has 24 heavy (non-hydrogen) atoms. The van der Waals surface area contributed by atoms with Crippen molar-refractivity contribution >= 4 is 45.2 Å². The minimum Gasteiger partial charge on any atom is -0.300 e. The van der Waals surface area contributed by atoms with Crippen molar-refractivity contribution in [2.75, 3.05) is 11.1 Å². The molecule has 3 aromatic rings. The molecule has 2 heterocycles. The van der Waals surface area contributed by atoms with Gasteiger partial charge in [-0.2, -0.15) is 13.2 Å². The molecule has 2 N–H and O–H groups in total. The first-order chi connectivity index (χ1) is 11.3. The molecule has 1 aromatic carbocycles. The van der Waals surface area contributed by atoms with E-state index in [4.69, 9.17) is 0 Å². The van der Waals surface area contributed by atoms with Crippen LogP contribution < -0.4 is 9.88 Å². The van der Waals surface area contributed by atoms with Crippen LogP contribution in [0.5, 0.6) is 0 Å². The minimum absolute atomic E-state index is 0.0294. The predicted octanol–water partition coefficient (Wildman–Crippen LogP) is 2.59. The van der Waals surface area contributed by atoms with Gasteiger partial charge in [0.2, 0.25) is 16.0 Å². The fourth-order valence-electron chi connectivity index (χ4n) is 1.99. The number of carbonyl (C=O) groups is 1. The van der Waals surface area contributed by atoms with Crippen molar-refractivity contribution in [3.63, 3.8) is 0 Å². The summed E-state index contributed by atoms with van der Waals surface area (Å²) in [7, 11) is 1.86. The number of thioether (sulfide) groups is 1. The number of nitrogens with one attached hydrogen (secondary N) is 2. The molecule has 0 aliphatic rings. The molecule has 0 bridgehead atoms. The number of imidazole rings is 1. The first-order valence-electron chi connectivity index (χ1n) is 6.64. The largest absolute Gasteiger partial charge is 0.445 e. The monoisotopic (exact) mass is 374 g/mol. The number of H-pyrrole nitrogens is 1. The Morgan fingerprint density at radius 3 is 2.79 bits per heavy atom. The minimum atomic E-state index is -4.56. The van der Waals surface area contributed by atoms with Crippen LogP contribution in [-0.4, -0.2) is 26.8 Å². The summed E-state index contributed by atoms with van der Waals surface area (Å²) < 4.78 is 39.2. The maximum absolute atomic E-state index is 12.4. The van der Waals surface area contributed by atoms with E-state index in [1.165, 1.54) is 11.8 Å². The average Bonchev–Trinajstić information content (AvgIpc) is 3.11. The number of carbonyl (C=O) groups excluding carboxylic acids is 1. The summed E-state index contributed by atoms with van der Waals surface area (Å²) in [5.41, 5.74) is 1.92. The number of para-hydroxylation sites is 2. The number of alkyl halides is 3. The molecule has 0 fully saturated rings. The fraction of sp³-hybridized carbons (Fsp3) is 0.231. The van der Waals surface area contributed by atoms with E-state index in [9.17, 15) is 18.0 Å². The van der Waals surface area contributed by atoms with Crippen LogP contribution in [0.2, 0.25) is 0 Å². The Morgan fingerprint density at radius 1 is 1.38 bits per heavy atom. The number of anilines is 1. The summed E-state index contributed by atoms with van der Waals surface area (Å²) in [5.74, 6) is -0.426. The van der Waals surface area contributed by atoms with Gasteiger partial charge in [0.15, 0.2) is 11.0 Å². The van der Waals surface area contributed by atoms with Gasteiger partial charge >= 0.3 is 11.3 Å². The second-order valence-electron chi connectivity index (χ2n) is 4.75. The number of nitrogens with zero attached hydrogens (tertiary/aromatic N) is 3. The summed E-state index contributed by atoms with van der Waals surface area (Å²) in [6.07, 6.45) is -4.56. The molecule has 0 aliphatic carbocycles. The smallest absolute Gasteiger partial charge is 0.300 e. The van der Waals surface area contributed by atoms with Crippen LogP contribution in [0, 0.1) is 0 Å². The van der Waals surface area contributed by atoms with Crippen molar-refractivity contribution in [1.29, 1.82) is 0 Å². The maximum Gasteiger partial charge on any atom is 0.445 e. The van der Waals surface area contributed by atoms with Crippen molar-refractivity contribution in [1.82, 2.24) is 15.2 Å². The number of aryl methyl sites for hydroxylation is 1. The van der Waals surface area contributed by atoms with Crippen molar-refractivity contribution < 1.29 is 22.5 Å². The number of fused-ring (bicyclic) bond motifs is 1. The van der Waals surface area contributed by atoms with Gasteiger partial charge in [0, 0.05) is 0 Å². The van der Waals surface area contributed by atoms with Gasteiger partial charge in [0.05, 0.1) is 12.8 Å². The van der Waals surface area contributed by atoms with E-state index in [-0.39, 0.29) is 10.9 Å². The molecule has 1 amide bonds. The van der Waals surface area contributed by atoms with Crippen molar-refractivity contribution in [2.45, 2.75) is 11.3 Å². The molecule has 0 saturated heterocycles. The van der Waals surface area contributed by atoms with E-state index in [1.54, 1.807) is 0 Å². The lowest BCUT2D eigenvalue weighted by atomic mass is 10.3. The Morgan fingerprint density at radius 2 is 2.12 bits per heavy atom. The Balaban J connectivity index is 1.63. The lowest BCUT2D eigenvalue weighted by Gasteiger charge is -1.99. The summed E-state index contributed by atoms with van der Waals surface area (Å²) in [4.78, 5) is 15.1. The molecular weight excluding hydrogens is 363 g/mol. The van der Waals surface area contributed by atoms with E-state index in [0.717, 1.165) is 16.2 Å². The van der Waals surface area contributed by atoms with Crippen molar-refractivity contribution in [2.24, 2.45) is 7.05 Å². The molecule has 0 saturated carbocycles. The van der Waals surface area contributed by atoms with Crippen LogP contribution in [0.25, 0.3) is 11.0 Å². The Kier molecular flexibility index (Phi) is 4.45. The standard InChI is InChI=1S/C13H10F3N5OS2/c1-21-8-5-3-2-4-7(8)17-12(21)23-6-9(22)18-11-20-19-10(24-11)13(14,15)16/h2-5H,6H2,1H3,(H,18,20,22)/p+1. The van der Waals surface area contributed by atoms with Gasteiger partial charge in [0.25, 0.3) is 0 Å². The van der Waals surface area contributed by atoms with Gasteiger partial charge in [-0.3, -0.25) is 10.1 Å². The summed E-state index contributed by atoms with van der Waals surface area (Å²) in [5, 5.41) is 8.16. The van der Waals surface area contributed by atoms with E-state index < -0.39 is 17.1 Å². The predicted molar refractivity (Wildman–Crippen MR) is 83.7 cm³/mol. The van der Waals surface area contributed by atoms with Crippen LogP contribution >= 0.6 is 23.1 Å². The second-order valence-corrected chi connectivity index (χ2v) is 6.69. The molecule has 11 heteroatoms. The highest BCUT2D eigenvalue weighted by Crippen LogP contribution is 2.33. The fourth-order valence-corrected chi connectivity index (χ4v) is 3.43. The van der Waals surface area contributed by atoms with Crippen LogP contribution in [0.3, 0.4) is 0 Å². The average molecular weight is 374 g/mol. The summed E-state index contributed by atoms with van der Waals surface area (Å²) in [6, 6.07) is 7.66. The molecule has 2 aromatic heterocycles. The third-order valence-electron chi connectivity index (χ3n) is 3.07. The molecule has 0 aliphatic heterocycles. The third-order valence-corrected chi connectivity index (χ3v) is 5.00. The summed E-state index contributed by atoms with van der Waals surface area (Å²) in [6.45, 7) is 0. The number of halogens is 3. The maximum atomic E-state index is 12.4. The Hall–Kier alpha value is -2.14. The topological polar surface area (TPSA) is 74.5 Å². The Bertz CT molecular complexity index is 889. The van der Waals surface area contributed by atoms with E-state index in [2.05, 4.69) is 20.5 Å². The molecule has 0 atom stereocenters. The summed E-state index contributed by atoms with van der Waals surface area (Å²) >= 11 is 1.54. The van der Waals surface area contributed by atoms with Gasteiger partial charge in [-0.1, -0.05) is 23.5 Å². The number of hydrogen-bond donors (Lipinski definition) is 2. The van der Waals surface area contributed by atoms with Crippen molar-refractivity contribution in [3.8, 4) is 0 Å². The lowest BCUT2D eigenvalue weighted by molar-refractivity contribution is -0.683. The van der Waals surface area contributed by atoms with Gasteiger partial charge in [-0.15, -0.1) is 10.2 Å². The SMILES string of the molecule is C[n+]1c(SCC(=O)Nc2nnc(C(F)(F)F)s2)[nH]c2ccccc21. The van der Waals surface area contributed by atoms with Gasteiger partial charge in [-0.05, 0) is 23.9 Å². The Labute approximate surface area is 142 Å². The zero-order valence-electron chi connectivity index (χ0n) is 12.2. The third kappa shape index (κ3) is 3.51. The number of aromatic nitrogens is 4. The van der Waals surface area contributed by atoms with Crippen molar-refractivity contribution in [3.05, 3.63) is 29.3 Å². The first kappa shape index (κ1) is 16.7. The highest BCUT2D eigenvalue weighted by atomic mass is 32.2. The zero-order chi connectivity index (χ0) is 17.3. The van der Waals surface area contributed by atoms with E-state index >= 15 is 0 Å². The quantitative estimate of drug-likeness (QED) is 0.544. The van der Waals surface area contributed by atoms with Crippen LogP contribution in [0.1, 0.15) is 5.01 Å². The van der Waals surface area contributed by atoms with E-state index in [1.807, 2.05) is 35.9 Å². The zero-order valence-corrected chi connectivity index (χ0v) is 13.8. The van der Waals surface area contributed by atoms with Gasteiger partial charge in [-0.25, -0.2) is 9.55 Å². The lowest BCUT2D eigenvalue weighted by Crippen LogP contribution is -2.29. The second kappa shape index (κ2) is 6.40. The molecule has 0 radical (unpaired) electrons. The molecule has 3 rings (SSSR count). The van der Waals surface area contributed by atoms with Crippen LogP contribution in [-0.2, 0) is 18.0 Å².